The summed E-state index contributed by atoms with van der Waals surface area (Å²) >= 11 is 0. The molecule has 0 fully saturated rings. The largest absolute Gasteiger partial charge is 0.371 e. The second-order valence-corrected chi connectivity index (χ2v) is 6.81. The van der Waals surface area contributed by atoms with E-state index in [1.165, 1.54) is 5.69 Å². The molecule has 0 saturated carbocycles. The van der Waals surface area contributed by atoms with Crippen molar-refractivity contribution < 1.29 is 4.79 Å². The van der Waals surface area contributed by atoms with Crippen molar-refractivity contribution in [2.45, 2.75) is 33.7 Å². The van der Waals surface area contributed by atoms with E-state index in [0.717, 1.165) is 24.3 Å². The molecule has 1 amide bonds. The van der Waals surface area contributed by atoms with Crippen LogP contribution >= 0.6 is 0 Å². The quantitative estimate of drug-likeness (QED) is 0.907. The maximum Gasteiger partial charge on any atom is 0.248 e. The van der Waals surface area contributed by atoms with Gasteiger partial charge in [0.05, 0.1) is 5.69 Å². The van der Waals surface area contributed by atoms with E-state index < -0.39 is 6.04 Å². The van der Waals surface area contributed by atoms with Gasteiger partial charge < -0.3 is 15.5 Å². The number of amides is 1. The second-order valence-electron chi connectivity index (χ2n) is 6.81. The Kier molecular flexibility index (Phi) is 4.57. The van der Waals surface area contributed by atoms with Gasteiger partial charge in [-0.15, -0.1) is 0 Å². The molecule has 1 aliphatic heterocycles. The monoisotopic (exact) mass is 289 g/mol. The molecular formula is C17H27N3O. The van der Waals surface area contributed by atoms with Gasteiger partial charge in [0.25, 0.3) is 0 Å². The molecule has 1 aromatic rings. The fourth-order valence-corrected chi connectivity index (χ4v) is 2.91. The number of carbonyl (C=O) groups excluding carboxylic acids is 1. The Balaban J connectivity index is 2.33. The van der Waals surface area contributed by atoms with Gasteiger partial charge in [-0.05, 0) is 24.0 Å². The van der Waals surface area contributed by atoms with Crippen molar-refractivity contribution in [2.24, 2.45) is 17.6 Å². The summed E-state index contributed by atoms with van der Waals surface area (Å²) in [5.74, 6) is 1.17. The molecule has 4 heteroatoms. The summed E-state index contributed by atoms with van der Waals surface area (Å²) in [4.78, 5) is 16.1. The predicted octanol–water partition coefficient (Wildman–Crippen LogP) is 2.78. The number of fused-ring (bicyclic) bond motifs is 1. The van der Waals surface area contributed by atoms with Gasteiger partial charge >= 0.3 is 0 Å². The fourth-order valence-electron chi connectivity index (χ4n) is 2.91. The van der Waals surface area contributed by atoms with Gasteiger partial charge in [-0.1, -0.05) is 33.8 Å². The summed E-state index contributed by atoms with van der Waals surface area (Å²) in [7, 11) is 1.80. The molecule has 0 radical (unpaired) electrons. The maximum absolute atomic E-state index is 12.0. The summed E-state index contributed by atoms with van der Waals surface area (Å²) in [5.41, 5.74) is 9.01. The molecule has 0 saturated heterocycles. The normalized spacial score (nSPS) is 17.8. The van der Waals surface area contributed by atoms with Crippen molar-refractivity contribution in [3.05, 3.63) is 23.8 Å². The highest BCUT2D eigenvalue weighted by Crippen LogP contribution is 2.36. The first-order valence-electron chi connectivity index (χ1n) is 7.73. The molecule has 0 aliphatic carbocycles. The standard InChI is InChI=1S/C17H27N3O/c1-11(2)9-20(10-12(3)4)13-6-7-14-15(8-13)19(5)17(21)16(14)18/h6-8,11-12,16H,9-10,18H2,1-5H3. The first kappa shape index (κ1) is 15.8. The van der Waals surface area contributed by atoms with Gasteiger partial charge in [-0.25, -0.2) is 0 Å². The van der Waals surface area contributed by atoms with Crippen molar-refractivity contribution >= 4 is 17.3 Å². The second kappa shape index (κ2) is 6.06. The molecule has 2 rings (SSSR count). The van der Waals surface area contributed by atoms with Crippen LogP contribution in [0.3, 0.4) is 0 Å². The van der Waals surface area contributed by atoms with E-state index in [-0.39, 0.29) is 5.91 Å². The van der Waals surface area contributed by atoms with Crippen LogP contribution in [0.1, 0.15) is 39.3 Å². The molecule has 1 unspecified atom stereocenters. The zero-order valence-corrected chi connectivity index (χ0v) is 13.8. The van der Waals surface area contributed by atoms with Crippen LogP contribution in [0.15, 0.2) is 18.2 Å². The van der Waals surface area contributed by atoms with E-state index in [2.05, 4.69) is 44.7 Å². The number of carbonyl (C=O) groups is 1. The highest BCUT2D eigenvalue weighted by atomic mass is 16.2. The molecule has 2 N–H and O–H groups in total. The Bertz CT molecular complexity index is 515. The average Bonchev–Trinajstić information content (AvgIpc) is 2.62. The molecule has 0 spiro atoms. The Morgan fingerprint density at radius 3 is 2.29 bits per heavy atom. The summed E-state index contributed by atoms with van der Waals surface area (Å²) in [6.07, 6.45) is 0. The van der Waals surface area contributed by atoms with E-state index in [1.54, 1.807) is 11.9 Å². The van der Waals surface area contributed by atoms with E-state index in [9.17, 15) is 4.79 Å². The first-order valence-corrected chi connectivity index (χ1v) is 7.73. The zero-order chi connectivity index (χ0) is 15.7. The van der Waals surface area contributed by atoms with Gasteiger partial charge in [-0.2, -0.15) is 0 Å². The zero-order valence-electron chi connectivity index (χ0n) is 13.8. The van der Waals surface area contributed by atoms with E-state index in [1.807, 2.05) is 6.07 Å². The maximum atomic E-state index is 12.0. The highest BCUT2D eigenvalue weighted by molar-refractivity contribution is 6.04. The van der Waals surface area contributed by atoms with Crippen LogP contribution in [-0.4, -0.2) is 26.0 Å². The molecule has 1 aliphatic rings. The third kappa shape index (κ3) is 3.21. The van der Waals surface area contributed by atoms with E-state index in [4.69, 9.17) is 5.73 Å². The third-order valence-electron chi connectivity index (χ3n) is 3.84. The minimum Gasteiger partial charge on any atom is -0.371 e. The molecule has 1 atom stereocenters. The van der Waals surface area contributed by atoms with Crippen LogP contribution < -0.4 is 15.5 Å². The summed E-state index contributed by atoms with van der Waals surface area (Å²) in [6.45, 7) is 10.9. The molecular weight excluding hydrogens is 262 g/mol. The predicted molar refractivity (Wildman–Crippen MR) is 88.7 cm³/mol. The van der Waals surface area contributed by atoms with Crippen LogP contribution in [0.2, 0.25) is 0 Å². The van der Waals surface area contributed by atoms with Crippen LogP contribution in [-0.2, 0) is 4.79 Å². The lowest BCUT2D eigenvalue weighted by atomic mass is 10.1. The van der Waals surface area contributed by atoms with Crippen molar-refractivity contribution in [3.8, 4) is 0 Å². The van der Waals surface area contributed by atoms with Gasteiger partial charge in [0, 0.05) is 31.4 Å². The molecule has 21 heavy (non-hydrogen) atoms. The molecule has 1 heterocycles. The van der Waals surface area contributed by atoms with Gasteiger partial charge in [0.1, 0.15) is 6.04 Å². The van der Waals surface area contributed by atoms with Crippen molar-refractivity contribution in [2.75, 3.05) is 29.9 Å². The highest BCUT2D eigenvalue weighted by Gasteiger charge is 2.32. The number of hydrogen-bond acceptors (Lipinski definition) is 3. The minimum atomic E-state index is -0.511. The number of rotatable bonds is 5. The summed E-state index contributed by atoms with van der Waals surface area (Å²) < 4.78 is 0. The molecule has 116 valence electrons. The Hall–Kier alpha value is -1.55. The van der Waals surface area contributed by atoms with Crippen molar-refractivity contribution in [1.29, 1.82) is 0 Å². The molecule has 1 aromatic carbocycles. The van der Waals surface area contributed by atoms with E-state index >= 15 is 0 Å². The number of anilines is 2. The summed E-state index contributed by atoms with van der Waals surface area (Å²) in [6, 6.07) is 5.69. The number of hydrogen-bond donors (Lipinski definition) is 1. The lowest BCUT2D eigenvalue weighted by Crippen LogP contribution is -2.31. The minimum absolute atomic E-state index is 0.0265. The van der Waals surface area contributed by atoms with Crippen molar-refractivity contribution in [3.63, 3.8) is 0 Å². The smallest absolute Gasteiger partial charge is 0.248 e. The Labute approximate surface area is 127 Å². The van der Waals surface area contributed by atoms with Crippen molar-refractivity contribution in [1.82, 2.24) is 0 Å². The average molecular weight is 289 g/mol. The number of nitrogens with zero attached hydrogens (tertiary/aromatic N) is 2. The van der Waals surface area contributed by atoms with Gasteiger partial charge in [-0.3, -0.25) is 4.79 Å². The topological polar surface area (TPSA) is 49.6 Å². The Morgan fingerprint density at radius 2 is 1.76 bits per heavy atom. The summed E-state index contributed by atoms with van der Waals surface area (Å²) in [5, 5.41) is 0. The van der Waals surface area contributed by atoms with Crippen LogP contribution in [0.4, 0.5) is 11.4 Å². The van der Waals surface area contributed by atoms with Crippen LogP contribution in [0.5, 0.6) is 0 Å². The Morgan fingerprint density at radius 1 is 1.19 bits per heavy atom. The number of benzene rings is 1. The van der Waals surface area contributed by atoms with Gasteiger partial charge in [0.2, 0.25) is 5.91 Å². The third-order valence-corrected chi connectivity index (χ3v) is 3.84. The van der Waals surface area contributed by atoms with Gasteiger partial charge in [0.15, 0.2) is 0 Å². The van der Waals surface area contributed by atoms with Crippen LogP contribution in [0, 0.1) is 11.8 Å². The lowest BCUT2D eigenvalue weighted by molar-refractivity contribution is -0.118. The number of likely N-dealkylation sites (N-methyl/N-ethyl adjacent to an activating group) is 1. The lowest BCUT2D eigenvalue weighted by Gasteiger charge is -2.29. The molecule has 0 bridgehead atoms. The first-order chi connectivity index (χ1) is 9.81. The van der Waals surface area contributed by atoms with E-state index in [0.29, 0.717) is 11.8 Å². The molecule has 0 aromatic heterocycles. The fraction of sp³-hybridized carbons (Fsp3) is 0.588. The SMILES string of the molecule is CC(C)CN(CC(C)C)c1ccc2c(c1)N(C)C(=O)C2N. The molecule has 4 nitrogen and oxygen atoms in total. The number of nitrogens with two attached hydrogens (primary N) is 1. The van der Waals surface area contributed by atoms with Crippen LogP contribution in [0.25, 0.3) is 0 Å².